The van der Waals surface area contributed by atoms with Gasteiger partial charge in [0.15, 0.2) is 6.10 Å². The highest BCUT2D eigenvalue weighted by molar-refractivity contribution is 7.47. The second-order valence-electron chi connectivity index (χ2n) is 17.6. The van der Waals surface area contributed by atoms with E-state index < -0.39 is 57.8 Å². The first-order valence-corrected chi connectivity index (χ1v) is 28.6. The quantitative estimate of drug-likeness (QED) is 0.0197. The number of hydrogen-bond donors (Lipinski definition) is 2. The second-order valence-corrected chi connectivity index (χ2v) is 19.1. The van der Waals surface area contributed by atoms with Gasteiger partial charge in [-0.15, -0.1) is 0 Å². The van der Waals surface area contributed by atoms with E-state index >= 15 is 0 Å². The smallest absolute Gasteiger partial charge is 0.462 e. The largest absolute Gasteiger partial charge is 0.472 e. The highest BCUT2D eigenvalue weighted by atomic mass is 31.2. The van der Waals surface area contributed by atoms with Crippen molar-refractivity contribution in [1.29, 1.82) is 0 Å². The van der Waals surface area contributed by atoms with Gasteiger partial charge >= 0.3 is 25.7 Å². The molecule has 0 saturated heterocycles. The first-order chi connectivity index (χ1) is 34.2. The third kappa shape index (κ3) is 49.4. The summed E-state index contributed by atoms with van der Waals surface area (Å²) >= 11 is 0. The molecule has 0 aromatic rings. The van der Waals surface area contributed by atoms with Crippen molar-refractivity contribution in [2.45, 2.75) is 226 Å². The normalized spacial score (nSPS) is 14.2. The molecule has 0 heterocycles. The summed E-state index contributed by atoms with van der Waals surface area (Å²) in [4.78, 5) is 48.4. The van der Waals surface area contributed by atoms with Crippen LogP contribution in [0.3, 0.4) is 0 Å². The maximum absolute atomic E-state index is 12.9. The molecular weight excluding hydrogens is 904 g/mol. The minimum Gasteiger partial charge on any atom is -0.462 e. The predicted octanol–water partition coefficient (Wildman–Crippen LogP) is 15.7. The van der Waals surface area contributed by atoms with Crippen molar-refractivity contribution < 1.29 is 52.2 Å². The zero-order valence-electron chi connectivity index (χ0n) is 43.9. The number of rotatable bonds is 49. The number of unbranched alkanes of at least 4 members (excludes halogenated alkanes) is 16. The molecule has 3 unspecified atom stereocenters. The molecule has 70 heavy (non-hydrogen) atoms. The number of aliphatic hydroxyl groups is 1. The number of aliphatic hydroxyl groups excluding tert-OH is 1. The molecule has 0 amide bonds. The molecule has 0 spiro atoms. The highest BCUT2D eigenvalue weighted by Crippen LogP contribution is 2.43. The van der Waals surface area contributed by atoms with E-state index in [0.717, 1.165) is 83.5 Å². The van der Waals surface area contributed by atoms with Crippen LogP contribution in [0.15, 0.2) is 97.2 Å². The predicted molar refractivity (Wildman–Crippen MR) is 288 cm³/mol. The van der Waals surface area contributed by atoms with Gasteiger partial charge < -0.3 is 24.2 Å². The van der Waals surface area contributed by atoms with Gasteiger partial charge in [-0.05, 0) is 83.5 Å². The lowest BCUT2D eigenvalue weighted by Gasteiger charge is -2.21. The van der Waals surface area contributed by atoms with E-state index in [4.69, 9.17) is 23.3 Å². The standard InChI is InChI=1S/C58H97O11P/c1-4-7-10-13-16-19-22-25-27-30-32-35-38-41-44-47-56(60)65-51-55(69-58(62)49-46-43-40-37-34-31-28-26-23-20-17-14-11-8-5-2)53-67-70(63,64)66-52-54(50-59)68-57(61)48-45-42-39-36-33-29-24-21-18-15-12-9-6-3/h8-9,11-12,17-18,20-21,26,28-29,33-34,37,39,42,54-55,59H,4-7,10,13-16,19,22-25,27,30-32,35-36,38,40-41,43-53H2,1-3H3,(H,63,64)/b11-8-,12-9-,20-17-,21-18-,28-26-,33-29-,37-34-,42-39-. The number of carbonyl (C=O) groups excluding carboxylic acids is 3. The van der Waals surface area contributed by atoms with Crippen LogP contribution in [0.4, 0.5) is 0 Å². The Morgan fingerprint density at radius 2 is 0.771 bits per heavy atom. The fourth-order valence-electron chi connectivity index (χ4n) is 6.95. The van der Waals surface area contributed by atoms with Crippen molar-refractivity contribution in [3.05, 3.63) is 97.2 Å². The summed E-state index contributed by atoms with van der Waals surface area (Å²) in [6.07, 6.45) is 59.7. The molecule has 0 fully saturated rings. The minimum absolute atomic E-state index is 0.0493. The maximum atomic E-state index is 12.9. The maximum Gasteiger partial charge on any atom is 0.472 e. The molecule has 12 heteroatoms. The molecule has 0 aliphatic rings. The van der Waals surface area contributed by atoms with E-state index in [1.165, 1.54) is 70.6 Å². The van der Waals surface area contributed by atoms with Gasteiger partial charge in [-0.3, -0.25) is 23.4 Å². The number of carbonyl (C=O) groups is 3. The zero-order chi connectivity index (χ0) is 51.3. The molecular formula is C58H97O11P. The summed E-state index contributed by atoms with van der Waals surface area (Å²) in [6, 6.07) is 0. The SMILES string of the molecule is CC/C=C\C/C=C\C/C=C\C/C=C\CCCCC(=O)OC(COC(=O)CCCCCCCCCCCCCCCCC)COP(=O)(O)OCC(CO)OC(=O)CC/C=C\C/C=C\C/C=C\C/C=C\CC. The van der Waals surface area contributed by atoms with Gasteiger partial charge in [-0.1, -0.05) is 208 Å². The highest BCUT2D eigenvalue weighted by Gasteiger charge is 2.28. The van der Waals surface area contributed by atoms with Gasteiger partial charge in [0.05, 0.1) is 19.8 Å². The van der Waals surface area contributed by atoms with E-state index in [0.29, 0.717) is 19.3 Å². The molecule has 2 N–H and O–H groups in total. The Kier molecular flexibility index (Phi) is 49.1. The van der Waals surface area contributed by atoms with Gasteiger partial charge in [-0.2, -0.15) is 0 Å². The average molecular weight is 1000 g/mol. The summed E-state index contributed by atoms with van der Waals surface area (Å²) in [7, 11) is -4.78. The fraction of sp³-hybridized carbons (Fsp3) is 0.672. The summed E-state index contributed by atoms with van der Waals surface area (Å²) in [5.74, 6) is -1.61. The molecule has 0 bridgehead atoms. The molecule has 0 radical (unpaired) electrons. The van der Waals surface area contributed by atoms with Crippen molar-refractivity contribution in [3.8, 4) is 0 Å². The molecule has 3 atom stereocenters. The second kappa shape index (κ2) is 51.7. The van der Waals surface area contributed by atoms with Crippen molar-refractivity contribution in [3.63, 3.8) is 0 Å². The fourth-order valence-corrected chi connectivity index (χ4v) is 7.73. The third-order valence-corrected chi connectivity index (χ3v) is 12.0. The van der Waals surface area contributed by atoms with E-state index in [-0.39, 0.29) is 25.9 Å². The molecule has 11 nitrogen and oxygen atoms in total. The number of esters is 3. The summed E-state index contributed by atoms with van der Waals surface area (Å²) < 4.78 is 39.3. The Morgan fingerprint density at radius 3 is 1.23 bits per heavy atom. The minimum atomic E-state index is -4.78. The number of phosphoric ester groups is 1. The number of phosphoric acid groups is 1. The molecule has 0 rings (SSSR count). The van der Waals surface area contributed by atoms with Crippen LogP contribution in [0.5, 0.6) is 0 Å². The first kappa shape index (κ1) is 66.4. The Morgan fingerprint density at radius 1 is 0.414 bits per heavy atom. The lowest BCUT2D eigenvalue weighted by Crippen LogP contribution is -2.30. The molecule has 0 aromatic carbocycles. The summed E-state index contributed by atoms with van der Waals surface area (Å²) in [5, 5.41) is 9.77. The van der Waals surface area contributed by atoms with Crippen LogP contribution in [-0.4, -0.2) is 66.5 Å². The Labute approximate surface area is 425 Å². The number of allylic oxidation sites excluding steroid dienone is 16. The van der Waals surface area contributed by atoms with Gasteiger partial charge in [0.1, 0.15) is 12.7 Å². The lowest BCUT2D eigenvalue weighted by molar-refractivity contribution is -0.161. The molecule has 0 aliphatic heterocycles. The lowest BCUT2D eigenvalue weighted by atomic mass is 10.0. The van der Waals surface area contributed by atoms with Crippen LogP contribution >= 0.6 is 7.82 Å². The Hall–Kier alpha value is -3.60. The van der Waals surface area contributed by atoms with Crippen LogP contribution in [0.1, 0.15) is 213 Å². The van der Waals surface area contributed by atoms with Crippen LogP contribution in [0.2, 0.25) is 0 Å². The zero-order valence-corrected chi connectivity index (χ0v) is 44.8. The van der Waals surface area contributed by atoms with E-state index in [1.807, 2.05) is 18.2 Å². The van der Waals surface area contributed by atoms with Crippen LogP contribution in [0.25, 0.3) is 0 Å². The van der Waals surface area contributed by atoms with E-state index in [1.54, 1.807) is 0 Å². The van der Waals surface area contributed by atoms with E-state index in [9.17, 15) is 28.9 Å². The molecule has 0 aromatic heterocycles. The third-order valence-electron chi connectivity index (χ3n) is 11.0. The molecule has 400 valence electrons. The van der Waals surface area contributed by atoms with Gasteiger partial charge in [0.2, 0.25) is 0 Å². The van der Waals surface area contributed by atoms with Crippen molar-refractivity contribution in [1.82, 2.24) is 0 Å². The Balaban J connectivity index is 4.86. The Bertz CT molecular complexity index is 1540. The average Bonchev–Trinajstić information content (AvgIpc) is 3.35. The van der Waals surface area contributed by atoms with Crippen molar-refractivity contribution in [2.24, 2.45) is 0 Å². The molecule has 0 aliphatic carbocycles. The van der Waals surface area contributed by atoms with Crippen molar-refractivity contribution in [2.75, 3.05) is 26.4 Å². The number of hydrogen-bond acceptors (Lipinski definition) is 10. The van der Waals surface area contributed by atoms with Crippen molar-refractivity contribution >= 4 is 25.7 Å². The van der Waals surface area contributed by atoms with Gasteiger partial charge in [0, 0.05) is 19.3 Å². The summed E-state index contributed by atoms with van der Waals surface area (Å²) in [6.45, 7) is 4.27. The molecule has 0 saturated carbocycles. The number of ether oxygens (including phenoxy) is 3. The topological polar surface area (TPSA) is 155 Å². The summed E-state index contributed by atoms with van der Waals surface area (Å²) in [5.41, 5.74) is 0. The van der Waals surface area contributed by atoms with E-state index in [2.05, 4.69) is 99.8 Å². The van der Waals surface area contributed by atoms with Crippen LogP contribution < -0.4 is 0 Å². The van der Waals surface area contributed by atoms with Crippen LogP contribution in [0, 0.1) is 0 Å². The van der Waals surface area contributed by atoms with Crippen LogP contribution in [-0.2, 0) is 42.2 Å². The first-order valence-electron chi connectivity index (χ1n) is 27.1. The monoisotopic (exact) mass is 1000 g/mol. The van der Waals surface area contributed by atoms with Gasteiger partial charge in [0.25, 0.3) is 0 Å². The van der Waals surface area contributed by atoms with Gasteiger partial charge in [-0.25, -0.2) is 4.57 Å².